The molecule has 0 aliphatic heterocycles. The van der Waals surface area contributed by atoms with Crippen LogP contribution in [0.4, 0.5) is 0 Å². The molecule has 4 nitrogen and oxygen atoms in total. The highest BCUT2D eigenvalue weighted by atomic mass is 14.9. The van der Waals surface area contributed by atoms with E-state index in [1.54, 1.807) is 6.20 Å². The number of para-hydroxylation sites is 1. The van der Waals surface area contributed by atoms with Crippen LogP contribution >= 0.6 is 0 Å². The zero-order valence-corrected chi connectivity index (χ0v) is 29.3. The summed E-state index contributed by atoms with van der Waals surface area (Å²) in [5.41, 5.74) is 12.0. The minimum atomic E-state index is 0.661. The number of pyridine rings is 2. The Hall–Kier alpha value is -7.30. The molecule has 3 heterocycles. The van der Waals surface area contributed by atoms with Crippen LogP contribution in [0.3, 0.4) is 0 Å². The van der Waals surface area contributed by atoms with E-state index in [1.807, 2.05) is 30.3 Å². The summed E-state index contributed by atoms with van der Waals surface area (Å²) in [6, 6.07) is 65.6. The van der Waals surface area contributed by atoms with Crippen LogP contribution < -0.4 is 0 Å². The van der Waals surface area contributed by atoms with Gasteiger partial charge in [0, 0.05) is 39.0 Å². The van der Waals surface area contributed by atoms with Gasteiger partial charge in [0.25, 0.3) is 0 Å². The average Bonchev–Trinajstić information content (AvgIpc) is 3.26. The molecule has 0 aliphatic carbocycles. The maximum atomic E-state index is 5.19. The number of nitrogens with zero attached hydrogens (tertiary/aromatic N) is 4. The van der Waals surface area contributed by atoms with Gasteiger partial charge in [-0.2, -0.15) is 0 Å². The molecule has 54 heavy (non-hydrogen) atoms. The highest BCUT2D eigenvalue weighted by molar-refractivity contribution is 6.22. The Morgan fingerprint density at radius 1 is 0.315 bits per heavy atom. The second-order valence-electron chi connectivity index (χ2n) is 13.5. The number of hydrogen-bond donors (Lipinski definition) is 0. The quantitative estimate of drug-likeness (QED) is 0.163. The van der Waals surface area contributed by atoms with Gasteiger partial charge in [0.15, 0.2) is 5.82 Å². The van der Waals surface area contributed by atoms with Crippen LogP contribution in [0.25, 0.3) is 100.0 Å². The number of hydrogen-bond acceptors (Lipinski definition) is 4. The molecule has 0 saturated heterocycles. The SMILES string of the molecule is c1ccc(-c2cccc(-c3nc(-c4ccc(-c5ccc(-c6nc7ccccc7c7c6ccc6ccccc67)cc5)cc4)cc(-c4ccccn4)n3)c2)cc1. The summed E-state index contributed by atoms with van der Waals surface area (Å²) < 4.78 is 0. The Kier molecular flexibility index (Phi) is 7.77. The summed E-state index contributed by atoms with van der Waals surface area (Å²) in [5, 5.41) is 6.06. The molecule has 4 heteroatoms. The van der Waals surface area contributed by atoms with E-state index in [0.29, 0.717) is 5.82 Å². The molecule has 0 atom stereocenters. The van der Waals surface area contributed by atoms with Crippen molar-refractivity contribution in [3.05, 3.63) is 194 Å². The first kappa shape index (κ1) is 31.4. The summed E-state index contributed by atoms with van der Waals surface area (Å²) in [6.45, 7) is 0. The third kappa shape index (κ3) is 5.76. The van der Waals surface area contributed by atoms with E-state index in [9.17, 15) is 0 Å². The maximum absolute atomic E-state index is 5.19. The van der Waals surface area contributed by atoms with Gasteiger partial charge in [0.2, 0.25) is 0 Å². The lowest BCUT2D eigenvalue weighted by atomic mass is 9.94. The van der Waals surface area contributed by atoms with Crippen molar-refractivity contribution in [2.24, 2.45) is 0 Å². The van der Waals surface area contributed by atoms with Crippen molar-refractivity contribution in [1.29, 1.82) is 0 Å². The maximum Gasteiger partial charge on any atom is 0.160 e. The number of rotatable bonds is 6. The van der Waals surface area contributed by atoms with E-state index >= 15 is 0 Å². The fraction of sp³-hybridized carbons (Fsp3) is 0. The molecule has 0 fully saturated rings. The molecule has 3 aromatic heterocycles. The minimum Gasteiger partial charge on any atom is -0.255 e. The Balaban J connectivity index is 1.01. The van der Waals surface area contributed by atoms with E-state index < -0.39 is 0 Å². The topological polar surface area (TPSA) is 51.6 Å². The van der Waals surface area contributed by atoms with Crippen LogP contribution in [0.15, 0.2) is 194 Å². The van der Waals surface area contributed by atoms with Crippen molar-refractivity contribution < 1.29 is 0 Å². The van der Waals surface area contributed by atoms with Crippen molar-refractivity contribution in [1.82, 2.24) is 19.9 Å². The van der Waals surface area contributed by atoms with Gasteiger partial charge in [0.05, 0.1) is 28.3 Å². The van der Waals surface area contributed by atoms with Crippen LogP contribution in [-0.2, 0) is 0 Å². The lowest BCUT2D eigenvalue weighted by molar-refractivity contribution is 1.16. The molecule has 7 aromatic carbocycles. The Morgan fingerprint density at radius 2 is 0.944 bits per heavy atom. The van der Waals surface area contributed by atoms with Crippen LogP contribution in [0.5, 0.6) is 0 Å². The van der Waals surface area contributed by atoms with E-state index in [1.165, 1.54) is 21.5 Å². The van der Waals surface area contributed by atoms with Crippen molar-refractivity contribution in [2.75, 3.05) is 0 Å². The zero-order valence-electron chi connectivity index (χ0n) is 29.3. The summed E-state index contributed by atoms with van der Waals surface area (Å²) in [4.78, 5) is 19.9. The lowest BCUT2D eigenvalue weighted by Gasteiger charge is -2.13. The Morgan fingerprint density at radius 3 is 1.74 bits per heavy atom. The van der Waals surface area contributed by atoms with E-state index in [0.717, 1.165) is 72.6 Å². The molecular weight excluding hydrogens is 657 g/mol. The normalized spacial score (nSPS) is 11.3. The van der Waals surface area contributed by atoms with Gasteiger partial charge >= 0.3 is 0 Å². The first-order valence-corrected chi connectivity index (χ1v) is 18.1. The molecule has 0 radical (unpaired) electrons. The smallest absolute Gasteiger partial charge is 0.160 e. The van der Waals surface area contributed by atoms with Crippen LogP contribution in [0.2, 0.25) is 0 Å². The second-order valence-corrected chi connectivity index (χ2v) is 13.5. The Bertz CT molecular complexity index is 2940. The molecule has 0 unspecified atom stereocenters. The monoisotopic (exact) mass is 688 g/mol. The van der Waals surface area contributed by atoms with Crippen molar-refractivity contribution in [3.63, 3.8) is 0 Å². The van der Waals surface area contributed by atoms with Gasteiger partial charge in [-0.15, -0.1) is 0 Å². The van der Waals surface area contributed by atoms with Crippen LogP contribution in [0.1, 0.15) is 0 Å². The highest BCUT2D eigenvalue weighted by Gasteiger charge is 2.15. The molecule has 0 spiro atoms. The second kappa shape index (κ2) is 13.4. The molecular formula is C50H32N4. The van der Waals surface area contributed by atoms with Gasteiger partial charge in [0.1, 0.15) is 0 Å². The van der Waals surface area contributed by atoms with Gasteiger partial charge < -0.3 is 0 Å². The Labute approximate surface area is 313 Å². The van der Waals surface area contributed by atoms with Crippen LogP contribution in [-0.4, -0.2) is 19.9 Å². The summed E-state index contributed by atoms with van der Waals surface area (Å²) in [5.74, 6) is 0.661. The molecule has 0 bridgehead atoms. The predicted molar refractivity (Wildman–Crippen MR) is 223 cm³/mol. The fourth-order valence-electron chi connectivity index (χ4n) is 7.43. The van der Waals surface area contributed by atoms with E-state index in [-0.39, 0.29) is 0 Å². The van der Waals surface area contributed by atoms with Crippen molar-refractivity contribution >= 4 is 32.4 Å². The number of benzene rings is 7. The van der Waals surface area contributed by atoms with Crippen molar-refractivity contribution in [3.8, 4) is 67.5 Å². The van der Waals surface area contributed by atoms with E-state index in [4.69, 9.17) is 15.0 Å². The first-order valence-electron chi connectivity index (χ1n) is 18.1. The average molecular weight is 689 g/mol. The standard InChI is InChI=1S/C50H32N4/c1-2-11-33(12-3-1)39-14-10-15-40(31-39)50-53-46(32-47(54-50)45-19-8-9-30-51-45)37-24-20-34(21-25-37)35-22-26-38(27-23-35)49-43-29-28-36-13-4-5-16-41(36)48(43)42-17-6-7-18-44(42)52-49/h1-32H. The van der Waals surface area contributed by atoms with Gasteiger partial charge in [-0.1, -0.05) is 158 Å². The predicted octanol–water partition coefficient (Wildman–Crippen LogP) is 12.7. The van der Waals surface area contributed by atoms with Gasteiger partial charge in [-0.05, 0) is 63.4 Å². The zero-order chi connectivity index (χ0) is 35.8. The largest absolute Gasteiger partial charge is 0.255 e. The fourth-order valence-corrected chi connectivity index (χ4v) is 7.43. The number of aromatic nitrogens is 4. The minimum absolute atomic E-state index is 0.661. The molecule has 0 amide bonds. The first-order chi connectivity index (χ1) is 26.7. The molecule has 0 N–H and O–H groups in total. The van der Waals surface area contributed by atoms with Gasteiger partial charge in [-0.25, -0.2) is 15.0 Å². The summed E-state index contributed by atoms with van der Waals surface area (Å²) >= 11 is 0. The number of fused-ring (bicyclic) bond motifs is 5. The molecule has 0 aliphatic rings. The molecule has 252 valence electrons. The highest BCUT2D eigenvalue weighted by Crippen LogP contribution is 2.38. The third-order valence-electron chi connectivity index (χ3n) is 10.1. The lowest BCUT2D eigenvalue weighted by Crippen LogP contribution is -1.97. The van der Waals surface area contributed by atoms with Gasteiger partial charge in [-0.3, -0.25) is 4.98 Å². The molecule has 10 rings (SSSR count). The summed E-state index contributed by atoms with van der Waals surface area (Å²) in [7, 11) is 0. The summed E-state index contributed by atoms with van der Waals surface area (Å²) in [6.07, 6.45) is 1.80. The third-order valence-corrected chi connectivity index (χ3v) is 10.1. The molecule has 0 saturated carbocycles. The van der Waals surface area contributed by atoms with E-state index in [2.05, 4.69) is 163 Å². The molecule has 10 aromatic rings. The van der Waals surface area contributed by atoms with Crippen molar-refractivity contribution in [2.45, 2.75) is 0 Å². The van der Waals surface area contributed by atoms with Crippen LogP contribution in [0, 0.1) is 0 Å².